The summed E-state index contributed by atoms with van der Waals surface area (Å²) in [5.74, 6) is -0.200. The van der Waals surface area contributed by atoms with Gasteiger partial charge in [0.1, 0.15) is 24.4 Å². The number of amides is 1. The molecule has 7 unspecified atom stereocenters. The summed E-state index contributed by atoms with van der Waals surface area (Å²) in [5.41, 5.74) is 0. The number of aliphatic hydroxyl groups excluding tert-OH is 5. The Hall–Kier alpha value is -2.90. The maximum absolute atomic E-state index is 13.0. The molecule has 0 aliphatic carbocycles. The SMILES string of the molecule is CC/C=C/CC/C=C/CC/C=C/C(O)C(COC1OC(CO)C(O)C(O)C1O)NC(=O)CCCCCCCCCCCCCCCCCCC/C=C\C/C=C\CCCCCCCCCCCOC(=O)CCCCCCC/C=C\CCCCCC. The highest BCUT2D eigenvalue weighted by Crippen LogP contribution is 2.23. The normalized spacial score (nSPS) is 18.5. The van der Waals surface area contributed by atoms with Crippen molar-refractivity contribution in [1.82, 2.24) is 5.32 Å². The number of esters is 1. The first-order valence-corrected chi connectivity index (χ1v) is 35.2. The molecule has 1 rings (SSSR count). The zero-order valence-electron chi connectivity index (χ0n) is 54.1. The van der Waals surface area contributed by atoms with E-state index in [1.807, 2.05) is 6.08 Å². The lowest BCUT2D eigenvalue weighted by Crippen LogP contribution is -2.60. The highest BCUT2D eigenvalue weighted by atomic mass is 16.7. The van der Waals surface area contributed by atoms with E-state index in [4.69, 9.17) is 14.2 Å². The number of aliphatic hydroxyl groups is 5. The Kier molecular flexibility index (Phi) is 58.1. The third-order valence-electron chi connectivity index (χ3n) is 16.3. The first kappa shape index (κ1) is 79.1. The molecule has 0 saturated carbocycles. The van der Waals surface area contributed by atoms with Gasteiger partial charge in [0.05, 0.1) is 32.0 Å². The molecule has 11 nitrogen and oxygen atoms in total. The molecule has 488 valence electrons. The zero-order valence-corrected chi connectivity index (χ0v) is 54.1. The molecule has 0 radical (unpaired) electrons. The first-order valence-electron chi connectivity index (χ1n) is 35.2. The van der Waals surface area contributed by atoms with Gasteiger partial charge in [-0.2, -0.15) is 0 Å². The highest BCUT2D eigenvalue weighted by molar-refractivity contribution is 5.76. The second kappa shape index (κ2) is 61.7. The Labute approximate surface area is 515 Å². The predicted octanol–water partition coefficient (Wildman–Crippen LogP) is 17.9. The van der Waals surface area contributed by atoms with E-state index in [1.54, 1.807) is 6.08 Å². The standard InChI is InChI=1S/C73H131NO10/c1-3-5-7-9-11-13-15-37-41-45-49-53-57-61-69(78)82-62-58-54-50-46-42-39-36-34-32-30-28-26-24-22-20-18-16-17-19-21-23-25-27-29-31-33-35-38-40-44-48-52-56-60-68(77)74-65(64-83-73-72(81)71(80)70(79)67(63-75)84-73)66(76)59-55-51-47-43-14-12-10-8-6-4-2/h6,8,13-15,20,22,26,28,43,55,59,65-67,70-73,75-76,79-81H,3-5,7,9-12,16-19,21,23-25,27,29-42,44-54,56-58,60-64H2,1-2H3,(H,74,77)/b8-6+,15-13-,22-20-,28-26-,43-14+,59-55+. The lowest BCUT2D eigenvalue weighted by Gasteiger charge is -2.40. The quantitative estimate of drug-likeness (QED) is 0.0195. The molecule has 84 heavy (non-hydrogen) atoms. The zero-order chi connectivity index (χ0) is 60.9. The van der Waals surface area contributed by atoms with Crippen LogP contribution in [0.5, 0.6) is 0 Å². The van der Waals surface area contributed by atoms with Crippen LogP contribution in [0.3, 0.4) is 0 Å². The number of rotatable bonds is 61. The van der Waals surface area contributed by atoms with Gasteiger partial charge in [0.2, 0.25) is 5.91 Å². The van der Waals surface area contributed by atoms with Gasteiger partial charge >= 0.3 is 5.97 Å². The number of ether oxygens (including phenoxy) is 3. The van der Waals surface area contributed by atoms with Gasteiger partial charge in [0, 0.05) is 12.8 Å². The van der Waals surface area contributed by atoms with E-state index in [2.05, 4.69) is 79.9 Å². The summed E-state index contributed by atoms with van der Waals surface area (Å²) in [6.45, 7) is 4.19. The van der Waals surface area contributed by atoms with Crippen LogP contribution in [0.1, 0.15) is 316 Å². The number of nitrogens with one attached hydrogen (secondary N) is 1. The topological polar surface area (TPSA) is 175 Å². The van der Waals surface area contributed by atoms with Crippen LogP contribution in [0, 0.1) is 0 Å². The minimum Gasteiger partial charge on any atom is -0.466 e. The number of hydrogen-bond acceptors (Lipinski definition) is 10. The van der Waals surface area contributed by atoms with Crippen LogP contribution in [0.25, 0.3) is 0 Å². The Balaban J connectivity index is 1.94. The minimum absolute atomic E-state index is 0.00327. The highest BCUT2D eigenvalue weighted by Gasteiger charge is 2.44. The van der Waals surface area contributed by atoms with Gasteiger partial charge in [-0.1, -0.05) is 267 Å². The third kappa shape index (κ3) is 50.1. The number of unbranched alkanes of at least 4 members (excludes halogenated alkanes) is 37. The predicted molar refractivity (Wildman–Crippen MR) is 352 cm³/mol. The summed E-state index contributed by atoms with van der Waals surface area (Å²) in [6, 6.07) is -0.833. The summed E-state index contributed by atoms with van der Waals surface area (Å²) in [7, 11) is 0. The molecular weight excluding hydrogens is 1050 g/mol. The van der Waals surface area contributed by atoms with E-state index in [0.29, 0.717) is 19.4 Å². The summed E-state index contributed by atoms with van der Waals surface area (Å²) >= 11 is 0. The smallest absolute Gasteiger partial charge is 0.305 e. The molecule has 0 spiro atoms. The van der Waals surface area contributed by atoms with Gasteiger partial charge in [0.15, 0.2) is 6.29 Å². The number of carbonyl (C=O) groups is 2. The van der Waals surface area contributed by atoms with Gasteiger partial charge in [-0.3, -0.25) is 9.59 Å². The monoisotopic (exact) mass is 1180 g/mol. The van der Waals surface area contributed by atoms with Gasteiger partial charge in [0.25, 0.3) is 0 Å². The molecule has 6 N–H and O–H groups in total. The number of hydrogen-bond donors (Lipinski definition) is 6. The van der Waals surface area contributed by atoms with Crippen LogP contribution in [-0.4, -0.2) is 100 Å². The van der Waals surface area contributed by atoms with Crippen LogP contribution >= 0.6 is 0 Å². The Morgan fingerprint density at radius 3 is 1.31 bits per heavy atom. The average molecular weight is 1180 g/mol. The summed E-state index contributed by atoms with van der Waals surface area (Å²) < 4.78 is 16.7. The molecule has 1 aliphatic heterocycles. The van der Waals surface area contributed by atoms with Crippen molar-refractivity contribution >= 4 is 11.9 Å². The van der Waals surface area contributed by atoms with Crippen molar-refractivity contribution in [2.45, 2.75) is 358 Å². The van der Waals surface area contributed by atoms with Gasteiger partial charge in [-0.25, -0.2) is 0 Å². The van der Waals surface area contributed by atoms with Crippen LogP contribution in [0.2, 0.25) is 0 Å². The third-order valence-corrected chi connectivity index (χ3v) is 16.3. The molecule has 11 heteroatoms. The lowest BCUT2D eigenvalue weighted by atomic mass is 9.99. The fraction of sp³-hybridized carbons (Fsp3) is 0.808. The Morgan fingerprint density at radius 1 is 0.452 bits per heavy atom. The van der Waals surface area contributed by atoms with Gasteiger partial charge < -0.3 is 45.1 Å². The fourth-order valence-electron chi connectivity index (χ4n) is 10.7. The maximum Gasteiger partial charge on any atom is 0.305 e. The largest absolute Gasteiger partial charge is 0.466 e. The molecule has 1 heterocycles. The van der Waals surface area contributed by atoms with Crippen molar-refractivity contribution < 1.29 is 49.3 Å². The van der Waals surface area contributed by atoms with Crippen molar-refractivity contribution in [1.29, 1.82) is 0 Å². The van der Waals surface area contributed by atoms with Gasteiger partial charge in [-0.05, 0) is 109 Å². The van der Waals surface area contributed by atoms with E-state index >= 15 is 0 Å². The summed E-state index contributed by atoms with van der Waals surface area (Å²) in [4.78, 5) is 25.1. The first-order chi connectivity index (χ1) is 41.2. The van der Waals surface area contributed by atoms with E-state index < -0.39 is 49.5 Å². The molecule has 0 aromatic carbocycles. The van der Waals surface area contributed by atoms with Crippen molar-refractivity contribution in [3.8, 4) is 0 Å². The molecule has 7 atom stereocenters. The summed E-state index contributed by atoms with van der Waals surface area (Å²) in [6.07, 6.45) is 73.5. The van der Waals surface area contributed by atoms with Crippen LogP contribution < -0.4 is 5.32 Å². The van der Waals surface area contributed by atoms with Crippen molar-refractivity contribution in [2.75, 3.05) is 19.8 Å². The molecule has 0 bridgehead atoms. The van der Waals surface area contributed by atoms with E-state index in [9.17, 15) is 35.1 Å². The van der Waals surface area contributed by atoms with Crippen molar-refractivity contribution in [3.05, 3.63) is 72.9 Å². The number of allylic oxidation sites excluding steroid dienone is 11. The molecule has 1 saturated heterocycles. The molecular formula is C73H131NO10. The van der Waals surface area contributed by atoms with Crippen LogP contribution in [0.15, 0.2) is 72.9 Å². The van der Waals surface area contributed by atoms with Crippen LogP contribution in [-0.2, 0) is 23.8 Å². The lowest BCUT2D eigenvalue weighted by molar-refractivity contribution is -0.302. The molecule has 1 fully saturated rings. The van der Waals surface area contributed by atoms with Gasteiger partial charge in [-0.15, -0.1) is 0 Å². The number of carbonyl (C=O) groups excluding carboxylic acids is 2. The van der Waals surface area contributed by atoms with Crippen LogP contribution in [0.4, 0.5) is 0 Å². The molecule has 0 aromatic rings. The average Bonchev–Trinajstić information content (AvgIpc) is 3.52. The van der Waals surface area contributed by atoms with E-state index in [1.165, 1.54) is 212 Å². The van der Waals surface area contributed by atoms with E-state index in [-0.39, 0.29) is 18.5 Å². The molecule has 1 aliphatic rings. The molecule has 0 aromatic heterocycles. The van der Waals surface area contributed by atoms with Crippen molar-refractivity contribution in [3.63, 3.8) is 0 Å². The maximum atomic E-state index is 13.0. The summed E-state index contributed by atoms with van der Waals surface area (Å²) in [5, 5.41) is 54.3. The second-order valence-corrected chi connectivity index (χ2v) is 24.2. The fourth-order valence-corrected chi connectivity index (χ4v) is 10.7. The Bertz CT molecular complexity index is 1630. The molecule has 1 amide bonds. The second-order valence-electron chi connectivity index (χ2n) is 24.2. The van der Waals surface area contributed by atoms with Crippen molar-refractivity contribution in [2.24, 2.45) is 0 Å². The Morgan fingerprint density at radius 2 is 0.845 bits per heavy atom. The van der Waals surface area contributed by atoms with E-state index in [0.717, 1.165) is 77.0 Å². The minimum atomic E-state index is -1.58.